The third-order valence-electron chi connectivity index (χ3n) is 5.98. The summed E-state index contributed by atoms with van der Waals surface area (Å²) in [7, 11) is -4.22. The molecule has 2 amide bonds. The highest BCUT2D eigenvalue weighted by atomic mass is 35.5. The zero-order chi connectivity index (χ0) is 29.7. The van der Waals surface area contributed by atoms with Crippen molar-refractivity contribution in [1.29, 1.82) is 0 Å². The molecule has 0 spiro atoms. The van der Waals surface area contributed by atoms with E-state index in [1.165, 1.54) is 35.2 Å². The van der Waals surface area contributed by atoms with E-state index in [2.05, 4.69) is 5.32 Å². The average molecular weight is 625 g/mol. The van der Waals surface area contributed by atoms with Gasteiger partial charge < -0.3 is 10.2 Å². The third-order valence-corrected chi connectivity index (χ3v) is 8.88. The highest BCUT2D eigenvalue weighted by Crippen LogP contribution is 2.31. The quantitative estimate of drug-likeness (QED) is 0.277. The van der Waals surface area contributed by atoms with E-state index >= 15 is 0 Å². The third kappa shape index (κ3) is 7.91. The molecule has 0 fully saturated rings. The fourth-order valence-corrected chi connectivity index (χ4v) is 5.99. The first-order valence-electron chi connectivity index (χ1n) is 12.6. The van der Waals surface area contributed by atoms with E-state index in [0.29, 0.717) is 10.6 Å². The summed E-state index contributed by atoms with van der Waals surface area (Å²) in [6.07, 6.45) is 0.288. The maximum atomic E-state index is 14.1. The second-order valence-electron chi connectivity index (χ2n) is 10.2. The number of nitrogens with one attached hydrogen (secondary N) is 1. The number of rotatable bonds is 10. The number of anilines is 1. The number of hydrogen-bond donors (Lipinski definition) is 1. The van der Waals surface area contributed by atoms with Gasteiger partial charge in [0.1, 0.15) is 12.6 Å². The Balaban J connectivity index is 2.10. The van der Waals surface area contributed by atoms with Crippen LogP contribution in [0.2, 0.25) is 15.1 Å². The monoisotopic (exact) mass is 623 g/mol. The van der Waals surface area contributed by atoms with Crippen LogP contribution in [-0.2, 0) is 26.2 Å². The van der Waals surface area contributed by atoms with Gasteiger partial charge in [0.15, 0.2) is 0 Å². The highest BCUT2D eigenvalue weighted by Gasteiger charge is 2.35. The molecule has 3 aromatic rings. The van der Waals surface area contributed by atoms with E-state index in [4.69, 9.17) is 34.8 Å². The molecule has 7 nitrogen and oxygen atoms in total. The average Bonchev–Trinajstić information content (AvgIpc) is 2.89. The minimum atomic E-state index is -4.22. The van der Waals surface area contributed by atoms with Gasteiger partial charge >= 0.3 is 0 Å². The van der Waals surface area contributed by atoms with Crippen molar-refractivity contribution in [2.24, 2.45) is 0 Å². The first kappa shape index (κ1) is 31.7. The summed E-state index contributed by atoms with van der Waals surface area (Å²) in [5.74, 6) is -0.955. The molecule has 0 heterocycles. The zero-order valence-electron chi connectivity index (χ0n) is 22.7. The molecule has 0 aromatic heterocycles. The van der Waals surface area contributed by atoms with Crippen LogP contribution in [0.4, 0.5) is 5.69 Å². The molecule has 3 aromatic carbocycles. The molecule has 0 aliphatic carbocycles. The lowest BCUT2D eigenvalue weighted by molar-refractivity contribution is -0.141. The Bertz CT molecular complexity index is 1460. The van der Waals surface area contributed by atoms with E-state index in [1.807, 2.05) is 20.8 Å². The van der Waals surface area contributed by atoms with Gasteiger partial charge in [0.2, 0.25) is 11.8 Å². The van der Waals surface area contributed by atoms with Crippen LogP contribution in [0.25, 0.3) is 0 Å². The summed E-state index contributed by atoms with van der Waals surface area (Å²) >= 11 is 18.8. The first-order chi connectivity index (χ1) is 18.7. The summed E-state index contributed by atoms with van der Waals surface area (Å²) in [6, 6.07) is 18.2. The van der Waals surface area contributed by atoms with Crippen molar-refractivity contribution in [3.63, 3.8) is 0 Å². The van der Waals surface area contributed by atoms with Gasteiger partial charge in [-0.15, -0.1) is 0 Å². The summed E-state index contributed by atoms with van der Waals surface area (Å²) < 4.78 is 28.7. The number of halogens is 3. The Kier molecular flexibility index (Phi) is 10.5. The second-order valence-corrected chi connectivity index (χ2v) is 13.3. The lowest BCUT2D eigenvalue weighted by Crippen LogP contribution is -2.55. The van der Waals surface area contributed by atoms with Crippen molar-refractivity contribution >= 4 is 62.3 Å². The SMILES string of the molecule is CC[C@@H](C(=O)NC(C)(C)C)N(Cc1ccccc1Cl)C(=O)CN(c1ccc(Cl)c(Cl)c1)S(=O)(=O)c1ccccc1. The smallest absolute Gasteiger partial charge is 0.264 e. The van der Waals surface area contributed by atoms with Crippen molar-refractivity contribution in [3.8, 4) is 0 Å². The molecular weight excluding hydrogens is 593 g/mol. The normalized spacial score (nSPS) is 12.5. The molecule has 0 unspecified atom stereocenters. The minimum absolute atomic E-state index is 0.00479. The Morgan fingerprint density at radius 1 is 0.875 bits per heavy atom. The molecule has 40 heavy (non-hydrogen) atoms. The predicted molar refractivity (Wildman–Crippen MR) is 161 cm³/mol. The van der Waals surface area contributed by atoms with Crippen LogP contribution >= 0.6 is 34.8 Å². The molecule has 3 rings (SSSR count). The summed E-state index contributed by atoms with van der Waals surface area (Å²) in [5.41, 5.74) is 0.217. The molecule has 0 aliphatic heterocycles. The Morgan fingerprint density at radius 2 is 1.50 bits per heavy atom. The number of nitrogens with zero attached hydrogens (tertiary/aromatic N) is 2. The summed E-state index contributed by atoms with van der Waals surface area (Å²) in [4.78, 5) is 28.8. The van der Waals surface area contributed by atoms with Gasteiger partial charge in [-0.05, 0) is 69.2 Å². The summed E-state index contributed by atoms with van der Waals surface area (Å²) in [6.45, 7) is 6.72. The number of carbonyl (C=O) groups excluding carboxylic acids is 2. The van der Waals surface area contributed by atoms with Crippen LogP contribution < -0.4 is 9.62 Å². The van der Waals surface area contributed by atoms with Gasteiger partial charge in [0.05, 0.1) is 20.6 Å². The number of hydrogen-bond acceptors (Lipinski definition) is 4. The summed E-state index contributed by atoms with van der Waals surface area (Å²) in [5, 5.41) is 3.72. The van der Waals surface area contributed by atoms with Crippen LogP contribution in [0.3, 0.4) is 0 Å². The van der Waals surface area contributed by atoms with E-state index in [0.717, 1.165) is 4.31 Å². The van der Waals surface area contributed by atoms with E-state index < -0.39 is 34.1 Å². The van der Waals surface area contributed by atoms with Crippen LogP contribution in [-0.4, -0.2) is 43.3 Å². The molecule has 0 saturated carbocycles. The maximum Gasteiger partial charge on any atom is 0.264 e. The lowest BCUT2D eigenvalue weighted by atomic mass is 10.1. The number of carbonyl (C=O) groups is 2. The molecule has 0 aliphatic rings. The molecule has 0 bridgehead atoms. The largest absolute Gasteiger partial charge is 0.350 e. The van der Waals surface area contributed by atoms with Crippen LogP contribution in [0.15, 0.2) is 77.7 Å². The van der Waals surface area contributed by atoms with Crippen molar-refractivity contribution in [2.45, 2.75) is 57.1 Å². The van der Waals surface area contributed by atoms with Gasteiger partial charge in [0.25, 0.3) is 10.0 Å². The standard InChI is InChI=1S/C29H32Cl3N3O4S/c1-5-26(28(37)33-29(2,3)4)34(18-20-11-9-10-14-23(20)30)27(36)19-35(21-15-16-24(31)25(32)17-21)40(38,39)22-12-7-6-8-13-22/h6-17,26H,5,18-19H2,1-4H3,(H,33,37)/t26-/m0/s1. The van der Waals surface area contributed by atoms with Gasteiger partial charge in [-0.1, -0.05) is 78.1 Å². The number of amides is 2. The van der Waals surface area contributed by atoms with Gasteiger partial charge in [-0.2, -0.15) is 0 Å². The van der Waals surface area contributed by atoms with Crippen molar-refractivity contribution in [2.75, 3.05) is 10.8 Å². The number of sulfonamides is 1. The Hall–Kier alpha value is -2.78. The van der Waals surface area contributed by atoms with E-state index in [-0.39, 0.29) is 39.5 Å². The number of benzene rings is 3. The fraction of sp³-hybridized carbons (Fsp3) is 0.310. The molecule has 0 radical (unpaired) electrons. The highest BCUT2D eigenvalue weighted by molar-refractivity contribution is 7.92. The predicted octanol–water partition coefficient (Wildman–Crippen LogP) is 6.56. The Labute approximate surface area is 251 Å². The van der Waals surface area contributed by atoms with Crippen molar-refractivity contribution < 1.29 is 18.0 Å². The van der Waals surface area contributed by atoms with Crippen LogP contribution in [0.1, 0.15) is 39.7 Å². The van der Waals surface area contributed by atoms with Crippen molar-refractivity contribution in [1.82, 2.24) is 10.2 Å². The first-order valence-corrected chi connectivity index (χ1v) is 15.2. The molecule has 1 atom stereocenters. The Morgan fingerprint density at radius 3 is 2.08 bits per heavy atom. The van der Waals surface area contributed by atoms with Crippen molar-refractivity contribution in [3.05, 3.63) is 93.4 Å². The topological polar surface area (TPSA) is 86.8 Å². The van der Waals surface area contributed by atoms with Gasteiger partial charge in [-0.3, -0.25) is 13.9 Å². The van der Waals surface area contributed by atoms with Gasteiger partial charge in [-0.25, -0.2) is 8.42 Å². The molecule has 11 heteroatoms. The second kappa shape index (κ2) is 13.3. The van der Waals surface area contributed by atoms with E-state index in [1.54, 1.807) is 49.4 Å². The van der Waals surface area contributed by atoms with Crippen LogP contribution in [0.5, 0.6) is 0 Å². The minimum Gasteiger partial charge on any atom is -0.350 e. The van der Waals surface area contributed by atoms with Gasteiger partial charge in [0, 0.05) is 17.1 Å². The zero-order valence-corrected chi connectivity index (χ0v) is 25.8. The van der Waals surface area contributed by atoms with E-state index in [9.17, 15) is 18.0 Å². The van der Waals surface area contributed by atoms with Crippen LogP contribution in [0, 0.1) is 0 Å². The maximum absolute atomic E-state index is 14.1. The molecular formula is C29H32Cl3N3O4S. The molecule has 0 saturated heterocycles. The molecule has 1 N–H and O–H groups in total. The lowest BCUT2D eigenvalue weighted by Gasteiger charge is -2.35. The fourth-order valence-electron chi connectivity index (χ4n) is 4.07. The molecule has 214 valence electrons.